The Morgan fingerprint density at radius 2 is 1.87 bits per heavy atom. The van der Waals surface area contributed by atoms with Gasteiger partial charge in [-0.15, -0.1) is 0 Å². The maximum absolute atomic E-state index is 13.5. The minimum Gasteiger partial charge on any atom is -0.492 e. The zero-order valence-corrected chi connectivity index (χ0v) is 32.9. The van der Waals surface area contributed by atoms with Crippen LogP contribution in [0.15, 0.2) is 54.2 Å². The van der Waals surface area contributed by atoms with Crippen LogP contribution < -0.4 is 4.74 Å². The van der Waals surface area contributed by atoms with Gasteiger partial charge in [0.1, 0.15) is 25.3 Å². The molecule has 298 valence electrons. The number of hydrogen-bond acceptors (Lipinski definition) is 7. The lowest BCUT2D eigenvalue weighted by atomic mass is 9.50. The summed E-state index contributed by atoms with van der Waals surface area (Å²) in [5.41, 5.74) is 3.59. The van der Waals surface area contributed by atoms with Crippen LogP contribution in [0, 0.1) is 17.3 Å². The fourth-order valence-electron chi connectivity index (χ4n) is 8.98. The molecule has 4 aliphatic rings. The van der Waals surface area contributed by atoms with Gasteiger partial charge in [0, 0.05) is 30.8 Å². The van der Waals surface area contributed by atoms with E-state index in [9.17, 15) is 31.1 Å². The van der Waals surface area contributed by atoms with E-state index in [1.54, 1.807) is 21.8 Å². The van der Waals surface area contributed by atoms with Gasteiger partial charge in [-0.3, -0.25) is 0 Å². The summed E-state index contributed by atoms with van der Waals surface area (Å²) in [5, 5.41) is 0. The zero-order chi connectivity index (χ0) is 39.1. The number of hydrogen-bond donors (Lipinski definition) is 0. The van der Waals surface area contributed by atoms with Crippen LogP contribution >= 0.6 is 21.6 Å². The summed E-state index contributed by atoms with van der Waals surface area (Å²) in [6.45, 7) is 8.12. The average molecular weight is 802 g/mol. The zero-order valence-electron chi connectivity index (χ0n) is 31.3. The first-order valence-corrected chi connectivity index (χ1v) is 21.5. The normalized spacial score (nSPS) is 27.5. The van der Waals surface area contributed by atoms with E-state index in [0.29, 0.717) is 36.7 Å². The number of benzene rings is 1. The summed E-state index contributed by atoms with van der Waals surface area (Å²) in [4.78, 5) is 15.3. The van der Waals surface area contributed by atoms with E-state index in [-0.39, 0.29) is 30.6 Å². The Labute approximate surface area is 324 Å². The van der Waals surface area contributed by atoms with Gasteiger partial charge in [0.25, 0.3) is 0 Å². The second-order valence-corrected chi connectivity index (χ2v) is 17.5. The first-order chi connectivity index (χ1) is 25.7. The Morgan fingerprint density at radius 1 is 1.09 bits per heavy atom. The standard InChI is InChI=1S/C38H51B2F6NO5S2/c1-4-25(40-39)22-27(5-2)52-35(48)47(26-14-20-53-54-23-26)16-19-49-28-8-10-29-24(21-28)7-9-31-30(29)13-15-36(3)32(31)11-12-33(36)50-17-6-18-51-34(37(41,42)43)38(44,45)46/h4-5,8,10,21-22,26,30-34,40H,2,6-7,9,11-20,23,39H2,1,3H3/b25-4+,27-22+/t26-,30?,31+,32?,33-,36-/m0/s1. The molecule has 1 saturated heterocycles. The minimum absolute atomic E-state index is 0.0467. The van der Waals surface area contributed by atoms with Crippen LogP contribution in [0.25, 0.3) is 0 Å². The molecule has 5 rings (SSSR count). The SMILES string of the molecule is BBC(=C/C)/C=C(\C=C)OC(=O)N(CCOc1ccc2c(c1)CC[C@@H]1C2CC[C@@]2(C)C1CC[C@@H]2OCCCOC(C(F)(F)F)C(F)(F)F)[C@H]1CCSSC1. The number of halogens is 6. The van der Waals surface area contributed by atoms with Crippen molar-refractivity contribution in [1.82, 2.24) is 4.90 Å². The van der Waals surface area contributed by atoms with Gasteiger partial charge in [0.2, 0.25) is 6.10 Å². The van der Waals surface area contributed by atoms with Crippen molar-refractivity contribution >= 4 is 42.6 Å². The molecule has 0 spiro atoms. The fourth-order valence-corrected chi connectivity index (χ4v) is 11.5. The molecular weight excluding hydrogens is 750 g/mol. The molecule has 6 nitrogen and oxygen atoms in total. The molecule has 2 saturated carbocycles. The van der Waals surface area contributed by atoms with E-state index in [1.165, 1.54) is 11.1 Å². The van der Waals surface area contributed by atoms with Gasteiger partial charge in [-0.2, -0.15) is 26.3 Å². The van der Waals surface area contributed by atoms with E-state index in [0.717, 1.165) is 74.8 Å². The molecule has 3 aliphatic carbocycles. The van der Waals surface area contributed by atoms with Gasteiger partial charge in [0.15, 0.2) is 0 Å². The van der Waals surface area contributed by atoms with E-state index in [4.69, 9.17) is 14.2 Å². The third-order valence-corrected chi connectivity index (χ3v) is 14.3. The first-order valence-electron chi connectivity index (χ1n) is 19.0. The molecule has 1 aromatic carbocycles. The van der Waals surface area contributed by atoms with E-state index in [1.807, 2.05) is 43.7 Å². The highest BCUT2D eigenvalue weighted by atomic mass is 33.1. The van der Waals surface area contributed by atoms with Crippen LogP contribution in [0.1, 0.15) is 75.8 Å². The Bertz CT molecular complexity index is 1490. The number of allylic oxidation sites excluding steroid dienone is 4. The summed E-state index contributed by atoms with van der Waals surface area (Å²) in [5.74, 6) is 4.29. The van der Waals surface area contributed by atoms with Crippen molar-refractivity contribution < 1.29 is 50.1 Å². The molecule has 0 aromatic heterocycles. The van der Waals surface area contributed by atoms with Gasteiger partial charge >= 0.3 is 18.4 Å². The van der Waals surface area contributed by atoms with Crippen molar-refractivity contribution in [3.05, 3.63) is 65.4 Å². The summed E-state index contributed by atoms with van der Waals surface area (Å²) < 4.78 is 99.2. The molecule has 0 radical (unpaired) electrons. The summed E-state index contributed by atoms with van der Waals surface area (Å²) in [7, 11) is 6.45. The van der Waals surface area contributed by atoms with Gasteiger partial charge < -0.3 is 23.8 Å². The van der Waals surface area contributed by atoms with Gasteiger partial charge in [0.05, 0.1) is 20.4 Å². The van der Waals surface area contributed by atoms with Gasteiger partial charge in [-0.05, 0) is 117 Å². The number of rotatable bonds is 15. The van der Waals surface area contributed by atoms with Crippen LogP contribution in [0.3, 0.4) is 0 Å². The molecule has 3 fully saturated rings. The molecular formula is C38H51B2F6NO5S2. The molecule has 0 N–H and O–H groups in total. The first kappa shape index (κ1) is 43.0. The number of amides is 1. The van der Waals surface area contributed by atoms with Gasteiger partial charge in [-0.25, -0.2) is 4.79 Å². The molecule has 1 aliphatic heterocycles. The van der Waals surface area contributed by atoms with Crippen LogP contribution in [-0.2, 0) is 20.6 Å². The second kappa shape index (κ2) is 18.9. The number of aryl methyl sites for hydroxylation is 1. The summed E-state index contributed by atoms with van der Waals surface area (Å²) in [6.07, 6.45) is -3.39. The number of ether oxygens (including phenoxy) is 4. The predicted octanol–water partition coefficient (Wildman–Crippen LogP) is 8.76. The summed E-state index contributed by atoms with van der Waals surface area (Å²) in [6, 6.07) is 6.41. The summed E-state index contributed by atoms with van der Waals surface area (Å²) >= 11 is 0. The predicted molar refractivity (Wildman–Crippen MR) is 207 cm³/mol. The lowest BCUT2D eigenvalue weighted by Crippen LogP contribution is -2.45. The Morgan fingerprint density at radius 3 is 2.54 bits per heavy atom. The average Bonchev–Trinajstić information content (AvgIpc) is 3.48. The lowest BCUT2D eigenvalue weighted by Gasteiger charge is -2.50. The third-order valence-electron chi connectivity index (χ3n) is 11.8. The molecule has 1 aromatic rings. The van der Waals surface area contributed by atoms with Crippen molar-refractivity contribution in [3.63, 3.8) is 0 Å². The minimum atomic E-state index is -5.51. The number of fused-ring (bicyclic) bond motifs is 5. The monoisotopic (exact) mass is 801 g/mol. The molecule has 0 bridgehead atoms. The lowest BCUT2D eigenvalue weighted by molar-refractivity contribution is -0.322. The topological polar surface area (TPSA) is 57.2 Å². The van der Waals surface area contributed by atoms with Crippen LogP contribution in [-0.4, -0.2) is 94.4 Å². The van der Waals surface area contributed by atoms with Crippen LogP contribution in [0.4, 0.5) is 31.1 Å². The van der Waals surface area contributed by atoms with E-state index < -0.39 is 31.2 Å². The quantitative estimate of drug-likeness (QED) is 0.0440. The van der Waals surface area contributed by atoms with Crippen LogP contribution in [0.5, 0.6) is 5.75 Å². The molecule has 54 heavy (non-hydrogen) atoms. The Kier molecular flexibility index (Phi) is 15.0. The highest BCUT2D eigenvalue weighted by Crippen LogP contribution is 2.61. The Hall–Kier alpha value is -2.16. The van der Waals surface area contributed by atoms with Crippen molar-refractivity contribution in [1.29, 1.82) is 0 Å². The number of carbonyl (C=O) groups is 1. The van der Waals surface area contributed by atoms with Crippen molar-refractivity contribution in [2.45, 2.75) is 102 Å². The number of alkyl halides is 6. The van der Waals surface area contributed by atoms with Crippen molar-refractivity contribution in [3.8, 4) is 5.75 Å². The largest absolute Gasteiger partial charge is 0.492 e. The maximum Gasteiger partial charge on any atom is 0.423 e. The number of nitrogens with zero attached hydrogens (tertiary/aromatic N) is 1. The molecule has 6 atom stereocenters. The third kappa shape index (κ3) is 10.4. The maximum atomic E-state index is 13.5. The molecule has 1 heterocycles. The highest BCUT2D eigenvalue weighted by molar-refractivity contribution is 8.76. The van der Waals surface area contributed by atoms with Crippen molar-refractivity contribution in [2.75, 3.05) is 37.9 Å². The van der Waals surface area contributed by atoms with Gasteiger partial charge in [-0.1, -0.05) is 52.7 Å². The van der Waals surface area contributed by atoms with Crippen LogP contribution in [0.2, 0.25) is 0 Å². The second-order valence-electron chi connectivity index (χ2n) is 14.9. The highest BCUT2D eigenvalue weighted by Gasteiger charge is 2.58. The number of carbonyl (C=O) groups excluding carboxylic acids is 1. The molecule has 16 heteroatoms. The van der Waals surface area contributed by atoms with E-state index in [2.05, 4.69) is 30.4 Å². The van der Waals surface area contributed by atoms with Crippen molar-refractivity contribution in [2.24, 2.45) is 17.3 Å². The molecule has 1 amide bonds. The molecule has 2 unspecified atom stereocenters. The smallest absolute Gasteiger partial charge is 0.423 e. The van der Waals surface area contributed by atoms with E-state index >= 15 is 0 Å². The fraction of sp³-hybridized carbons (Fsp3) is 0.658. The Balaban J connectivity index is 1.15.